The van der Waals surface area contributed by atoms with E-state index < -0.39 is 5.79 Å². The highest BCUT2D eigenvalue weighted by Crippen LogP contribution is 2.44. The van der Waals surface area contributed by atoms with Crippen LogP contribution in [0.1, 0.15) is 28.3 Å². The Morgan fingerprint density at radius 1 is 0.897 bits per heavy atom. The topological polar surface area (TPSA) is 74.1 Å². The molecule has 7 nitrogen and oxygen atoms in total. The molecule has 0 amide bonds. The largest absolute Gasteiger partial charge is 0.342 e. The Balaban J connectivity index is 1.53. The minimum atomic E-state index is -0.890. The van der Waals surface area contributed by atoms with Crippen LogP contribution in [0.2, 0.25) is 0 Å². The van der Waals surface area contributed by atoms with Gasteiger partial charge < -0.3 is 14.8 Å². The van der Waals surface area contributed by atoms with Crippen molar-refractivity contribution in [2.75, 3.05) is 12.1 Å². The van der Waals surface area contributed by atoms with Crippen molar-refractivity contribution in [1.82, 2.24) is 20.2 Å². The summed E-state index contributed by atoms with van der Waals surface area (Å²) in [5.74, 6) is -0.272. The number of aromatic nitrogens is 4. The number of hydrogen-bond donors (Lipinski definition) is 1. The summed E-state index contributed by atoms with van der Waals surface area (Å²) in [6.07, 6.45) is 0. The number of nitrogens with zero attached hydrogens (tertiary/aromatic N) is 4. The van der Waals surface area contributed by atoms with Gasteiger partial charge in [0.2, 0.25) is 11.7 Å². The second-order valence-corrected chi connectivity index (χ2v) is 7.07. The Morgan fingerprint density at radius 3 is 2.38 bits per heavy atom. The fraction of sp³-hybridized carbons (Fsp3) is 0.136. The molecule has 1 fully saturated rings. The molecule has 29 heavy (non-hydrogen) atoms. The third-order valence-electron chi connectivity index (χ3n) is 5.50. The van der Waals surface area contributed by atoms with E-state index in [1.54, 1.807) is 4.68 Å². The van der Waals surface area contributed by atoms with Crippen molar-refractivity contribution in [2.45, 2.75) is 11.8 Å². The number of nitrogens with one attached hydrogen (secondary N) is 1. The van der Waals surface area contributed by atoms with E-state index in [9.17, 15) is 0 Å². The maximum Gasteiger partial charge on any atom is 0.248 e. The molecule has 4 aromatic rings. The summed E-state index contributed by atoms with van der Waals surface area (Å²) < 4.78 is 13.7. The van der Waals surface area contributed by atoms with Gasteiger partial charge in [0, 0.05) is 16.7 Å². The zero-order valence-electron chi connectivity index (χ0n) is 15.4. The van der Waals surface area contributed by atoms with Crippen LogP contribution < -0.4 is 5.32 Å². The Labute approximate surface area is 166 Å². The van der Waals surface area contributed by atoms with Gasteiger partial charge in [-0.05, 0) is 28.1 Å². The molecule has 1 N–H and O–H groups in total. The van der Waals surface area contributed by atoms with Gasteiger partial charge >= 0.3 is 0 Å². The highest BCUT2D eigenvalue weighted by molar-refractivity contribution is 5.59. The molecule has 2 aliphatic heterocycles. The number of benzene rings is 3. The van der Waals surface area contributed by atoms with Gasteiger partial charge in [0.1, 0.15) is 0 Å². The predicted molar refractivity (Wildman–Crippen MR) is 105 cm³/mol. The lowest BCUT2D eigenvalue weighted by Crippen LogP contribution is -2.45. The van der Waals surface area contributed by atoms with E-state index in [4.69, 9.17) is 9.47 Å². The number of rotatable bonds is 3. The number of anilines is 1. The summed E-state index contributed by atoms with van der Waals surface area (Å²) >= 11 is 0. The van der Waals surface area contributed by atoms with Gasteiger partial charge in [-0.25, -0.2) is 0 Å². The molecule has 0 bridgehead atoms. The van der Waals surface area contributed by atoms with E-state index in [1.165, 1.54) is 0 Å². The maximum atomic E-state index is 5.99. The maximum absolute atomic E-state index is 5.99. The summed E-state index contributed by atoms with van der Waals surface area (Å²) in [5.41, 5.74) is 5.03. The molecule has 7 heteroatoms. The lowest BCUT2D eigenvalue weighted by atomic mass is 9.89. The molecule has 6 rings (SSSR count). The SMILES string of the molecule is c1ccc(C2Nc3nnnn3-c3ccc(C4(c5ccccc5)OCO4)cc32)cc1. The smallest absolute Gasteiger partial charge is 0.248 e. The van der Waals surface area contributed by atoms with E-state index in [0.29, 0.717) is 5.95 Å². The molecule has 1 aromatic heterocycles. The van der Waals surface area contributed by atoms with Crippen LogP contribution in [-0.2, 0) is 15.3 Å². The molecule has 3 heterocycles. The third-order valence-corrected chi connectivity index (χ3v) is 5.50. The fourth-order valence-corrected chi connectivity index (χ4v) is 4.07. The second kappa shape index (κ2) is 6.23. The zero-order valence-corrected chi connectivity index (χ0v) is 15.4. The van der Waals surface area contributed by atoms with Crippen molar-refractivity contribution in [3.05, 3.63) is 101 Å². The van der Waals surface area contributed by atoms with E-state index >= 15 is 0 Å². The van der Waals surface area contributed by atoms with Crippen molar-refractivity contribution in [3.8, 4) is 5.69 Å². The zero-order chi connectivity index (χ0) is 19.3. The van der Waals surface area contributed by atoms with Crippen LogP contribution in [0.25, 0.3) is 5.69 Å². The average Bonchev–Trinajstić information content (AvgIpc) is 3.23. The average molecular weight is 383 g/mol. The van der Waals surface area contributed by atoms with Crippen molar-refractivity contribution in [3.63, 3.8) is 0 Å². The minimum Gasteiger partial charge on any atom is -0.342 e. The first-order chi connectivity index (χ1) is 14.4. The van der Waals surface area contributed by atoms with Crippen molar-refractivity contribution < 1.29 is 9.47 Å². The standard InChI is InChI=1S/C22H17N5O2/c1-3-7-15(8-4-1)20-18-13-17(11-12-19(18)27-21(23-20)24-25-26-27)22(28-14-29-22)16-9-5-2-6-10-16/h1-13,20H,14H2,(H,23,24,26). The number of hydrogen-bond acceptors (Lipinski definition) is 6. The van der Waals surface area contributed by atoms with Gasteiger partial charge in [-0.15, -0.1) is 0 Å². The van der Waals surface area contributed by atoms with Gasteiger partial charge in [-0.1, -0.05) is 71.8 Å². The summed E-state index contributed by atoms with van der Waals surface area (Å²) in [7, 11) is 0. The Morgan fingerprint density at radius 2 is 1.66 bits per heavy atom. The summed E-state index contributed by atoms with van der Waals surface area (Å²) in [5, 5.41) is 15.5. The Kier molecular flexibility index (Phi) is 3.53. The lowest BCUT2D eigenvalue weighted by molar-refractivity contribution is -0.386. The van der Waals surface area contributed by atoms with Gasteiger partial charge in [-0.2, -0.15) is 4.68 Å². The molecule has 0 saturated carbocycles. The first kappa shape index (κ1) is 16.4. The molecule has 0 aliphatic carbocycles. The Hall–Kier alpha value is -3.55. The van der Waals surface area contributed by atoms with Crippen LogP contribution in [0.5, 0.6) is 0 Å². The molecule has 0 spiro atoms. The van der Waals surface area contributed by atoms with E-state index in [1.807, 2.05) is 60.7 Å². The van der Waals surface area contributed by atoms with Crippen LogP contribution in [0, 0.1) is 0 Å². The highest BCUT2D eigenvalue weighted by Gasteiger charge is 2.44. The lowest BCUT2D eigenvalue weighted by Gasteiger charge is -2.42. The summed E-state index contributed by atoms with van der Waals surface area (Å²) in [6.45, 7) is 0.267. The molecular weight excluding hydrogens is 366 g/mol. The fourth-order valence-electron chi connectivity index (χ4n) is 4.07. The normalized spacial score (nSPS) is 18.8. The predicted octanol–water partition coefficient (Wildman–Crippen LogP) is 3.38. The molecule has 1 atom stereocenters. The Bertz CT molecular complexity index is 1170. The van der Waals surface area contributed by atoms with E-state index in [2.05, 4.69) is 39.0 Å². The van der Waals surface area contributed by atoms with Crippen molar-refractivity contribution in [2.24, 2.45) is 0 Å². The number of tetrazole rings is 1. The molecule has 1 saturated heterocycles. The monoisotopic (exact) mass is 383 g/mol. The van der Waals surface area contributed by atoms with E-state index in [0.717, 1.165) is 27.9 Å². The summed E-state index contributed by atoms with van der Waals surface area (Å²) in [4.78, 5) is 0. The van der Waals surface area contributed by atoms with Crippen LogP contribution in [0.3, 0.4) is 0 Å². The molecule has 1 unspecified atom stereocenters. The van der Waals surface area contributed by atoms with Gasteiger partial charge in [-0.3, -0.25) is 0 Å². The quantitative estimate of drug-likeness (QED) is 0.585. The third kappa shape index (κ3) is 2.41. The number of fused-ring (bicyclic) bond motifs is 3. The first-order valence-electron chi connectivity index (χ1n) is 9.43. The molecule has 142 valence electrons. The molecule has 0 radical (unpaired) electrons. The molecular formula is C22H17N5O2. The second-order valence-electron chi connectivity index (χ2n) is 7.07. The minimum absolute atomic E-state index is 0.0856. The van der Waals surface area contributed by atoms with Crippen LogP contribution in [-0.4, -0.2) is 27.0 Å². The molecule has 2 aliphatic rings. The van der Waals surface area contributed by atoms with Crippen molar-refractivity contribution >= 4 is 5.95 Å². The van der Waals surface area contributed by atoms with Gasteiger partial charge in [0.15, 0.2) is 6.79 Å². The van der Waals surface area contributed by atoms with Crippen molar-refractivity contribution in [1.29, 1.82) is 0 Å². The van der Waals surface area contributed by atoms with E-state index in [-0.39, 0.29) is 12.8 Å². The van der Waals surface area contributed by atoms with Crippen LogP contribution >= 0.6 is 0 Å². The number of ether oxygens (including phenoxy) is 2. The molecule has 3 aromatic carbocycles. The van der Waals surface area contributed by atoms with Crippen LogP contribution in [0.15, 0.2) is 78.9 Å². The van der Waals surface area contributed by atoms with Crippen LogP contribution in [0.4, 0.5) is 5.95 Å². The summed E-state index contributed by atoms with van der Waals surface area (Å²) in [6, 6.07) is 26.3. The highest BCUT2D eigenvalue weighted by atomic mass is 16.9. The first-order valence-corrected chi connectivity index (χ1v) is 9.43. The van der Waals surface area contributed by atoms with Gasteiger partial charge in [0.05, 0.1) is 11.7 Å². The van der Waals surface area contributed by atoms with Gasteiger partial charge in [0.25, 0.3) is 0 Å².